The number of carbonyl (C=O) groups excluding carboxylic acids is 1. The Morgan fingerprint density at radius 3 is 2.16 bits per heavy atom. The number of hydrogen-bond acceptors (Lipinski definition) is 7. The average molecular weight is 296 g/mol. The number of ether oxygens (including phenoxy) is 1. The van der Waals surface area contributed by atoms with Gasteiger partial charge in [-0.1, -0.05) is 6.58 Å². The molecule has 0 rings (SSSR count). The minimum absolute atomic E-state index is 0.151. The van der Waals surface area contributed by atoms with Gasteiger partial charge in [-0.05, 0) is 20.8 Å². The van der Waals surface area contributed by atoms with Crippen LogP contribution in [0, 0.1) is 0 Å². The van der Waals surface area contributed by atoms with Gasteiger partial charge in [0.2, 0.25) is 0 Å². The second-order valence-corrected chi connectivity index (χ2v) is 5.28. The summed E-state index contributed by atoms with van der Waals surface area (Å²) < 4.78 is 31.2. The van der Waals surface area contributed by atoms with Gasteiger partial charge in [0.1, 0.15) is 12.7 Å². The van der Waals surface area contributed by atoms with Crippen molar-refractivity contribution in [2.75, 3.05) is 26.4 Å². The Morgan fingerprint density at radius 2 is 1.74 bits per heavy atom. The second kappa shape index (κ2) is 9.23. The van der Waals surface area contributed by atoms with E-state index in [2.05, 4.69) is 6.58 Å². The van der Waals surface area contributed by atoms with Gasteiger partial charge in [0.15, 0.2) is 0 Å². The van der Waals surface area contributed by atoms with Crippen LogP contribution < -0.4 is 0 Å². The summed E-state index contributed by atoms with van der Waals surface area (Å²) in [6.45, 7) is 7.84. The molecule has 0 aromatic rings. The summed E-state index contributed by atoms with van der Waals surface area (Å²) in [5.74, 6) is -0.614. The van der Waals surface area contributed by atoms with E-state index in [-0.39, 0.29) is 32.0 Å². The summed E-state index contributed by atoms with van der Waals surface area (Å²) in [5, 5.41) is 9.52. The minimum atomic E-state index is -3.66. The van der Waals surface area contributed by atoms with Crippen molar-refractivity contribution < 1.29 is 32.8 Å². The van der Waals surface area contributed by atoms with Crippen molar-refractivity contribution in [1.82, 2.24) is 0 Å². The van der Waals surface area contributed by atoms with Crippen molar-refractivity contribution in [2.24, 2.45) is 0 Å². The fourth-order valence-electron chi connectivity index (χ4n) is 0.949. The van der Waals surface area contributed by atoms with Crippen molar-refractivity contribution in [1.29, 1.82) is 0 Å². The van der Waals surface area contributed by atoms with Crippen LogP contribution >= 0.6 is 7.82 Å². The van der Waals surface area contributed by atoms with Gasteiger partial charge in [0.05, 0.1) is 19.8 Å². The molecule has 19 heavy (non-hydrogen) atoms. The highest BCUT2D eigenvalue weighted by Gasteiger charge is 2.26. The van der Waals surface area contributed by atoms with Gasteiger partial charge >= 0.3 is 13.8 Å². The summed E-state index contributed by atoms with van der Waals surface area (Å²) >= 11 is 0. The molecular weight excluding hydrogens is 275 g/mol. The molecule has 0 aromatic heterocycles. The number of hydrogen-bond donors (Lipinski definition) is 1. The standard InChI is InChI=1S/C11H21O7P/c1-5-16-19(14,17-6-2)18-8-10(12)7-15-11(13)9(3)4/h10,12H,3,5-8H2,1-2,4H3. The monoisotopic (exact) mass is 296 g/mol. The Morgan fingerprint density at radius 1 is 1.21 bits per heavy atom. The van der Waals surface area contributed by atoms with E-state index in [1.54, 1.807) is 13.8 Å². The molecule has 0 fully saturated rings. The van der Waals surface area contributed by atoms with Crippen molar-refractivity contribution in [2.45, 2.75) is 26.9 Å². The molecule has 8 heteroatoms. The summed E-state index contributed by atoms with van der Waals surface area (Å²) in [4.78, 5) is 11.1. The number of phosphoric ester groups is 1. The van der Waals surface area contributed by atoms with Crippen LogP contribution in [0.4, 0.5) is 0 Å². The second-order valence-electron chi connectivity index (χ2n) is 3.61. The Hall–Kier alpha value is -0.720. The van der Waals surface area contributed by atoms with Gasteiger partial charge in [-0.15, -0.1) is 0 Å². The number of rotatable bonds is 10. The van der Waals surface area contributed by atoms with Crippen LogP contribution in [0.15, 0.2) is 12.2 Å². The zero-order valence-electron chi connectivity index (χ0n) is 11.5. The lowest BCUT2D eigenvalue weighted by atomic mass is 10.3. The largest absolute Gasteiger partial charge is 0.474 e. The molecule has 1 unspecified atom stereocenters. The molecule has 1 N–H and O–H groups in total. The van der Waals surface area contributed by atoms with E-state index in [0.717, 1.165) is 0 Å². The predicted molar refractivity (Wildman–Crippen MR) is 68.6 cm³/mol. The van der Waals surface area contributed by atoms with Gasteiger partial charge in [-0.3, -0.25) is 13.6 Å². The van der Waals surface area contributed by atoms with Crippen molar-refractivity contribution in [3.8, 4) is 0 Å². The van der Waals surface area contributed by atoms with E-state index in [1.165, 1.54) is 6.92 Å². The first kappa shape index (κ1) is 18.3. The fraction of sp³-hybridized carbons (Fsp3) is 0.727. The lowest BCUT2D eigenvalue weighted by Crippen LogP contribution is -2.23. The quantitative estimate of drug-likeness (QED) is 0.372. The van der Waals surface area contributed by atoms with Crippen LogP contribution in [0.3, 0.4) is 0 Å². The summed E-state index contributed by atoms with van der Waals surface area (Å²) in [7, 11) is -3.66. The van der Waals surface area contributed by atoms with Gasteiger partial charge < -0.3 is 9.84 Å². The highest BCUT2D eigenvalue weighted by molar-refractivity contribution is 7.48. The van der Waals surface area contributed by atoms with E-state index in [4.69, 9.17) is 18.3 Å². The van der Waals surface area contributed by atoms with Crippen molar-refractivity contribution in [3.05, 3.63) is 12.2 Å². The van der Waals surface area contributed by atoms with Gasteiger partial charge in [0.25, 0.3) is 0 Å². The lowest BCUT2D eigenvalue weighted by molar-refractivity contribution is -0.142. The summed E-state index contributed by atoms with van der Waals surface area (Å²) in [6, 6.07) is 0. The van der Waals surface area contributed by atoms with Crippen LogP contribution in [0.2, 0.25) is 0 Å². The van der Waals surface area contributed by atoms with Gasteiger partial charge in [0, 0.05) is 5.57 Å². The molecular formula is C11H21O7P. The maximum atomic E-state index is 11.9. The molecule has 0 spiro atoms. The Labute approximate surface area is 113 Å². The SMILES string of the molecule is C=C(C)C(=O)OCC(O)COP(=O)(OCC)OCC. The molecule has 0 bridgehead atoms. The molecule has 7 nitrogen and oxygen atoms in total. The molecule has 0 saturated heterocycles. The number of phosphoric acid groups is 1. The molecule has 0 saturated carbocycles. The molecule has 112 valence electrons. The molecule has 0 radical (unpaired) electrons. The number of carbonyl (C=O) groups is 1. The first-order chi connectivity index (χ1) is 8.84. The van der Waals surface area contributed by atoms with E-state index in [1.807, 2.05) is 0 Å². The van der Waals surface area contributed by atoms with Crippen LogP contribution in [-0.4, -0.2) is 43.6 Å². The first-order valence-electron chi connectivity index (χ1n) is 5.89. The Bertz CT molecular complexity index is 332. The van der Waals surface area contributed by atoms with Crippen LogP contribution in [0.1, 0.15) is 20.8 Å². The third-order valence-corrected chi connectivity index (χ3v) is 3.37. The smallest absolute Gasteiger partial charge is 0.460 e. The molecule has 0 heterocycles. The fourth-order valence-corrected chi connectivity index (χ4v) is 2.16. The third kappa shape index (κ3) is 8.13. The maximum absolute atomic E-state index is 11.9. The first-order valence-corrected chi connectivity index (χ1v) is 7.35. The normalized spacial score (nSPS) is 13.1. The Kier molecular flexibility index (Phi) is 8.88. The molecule has 0 aliphatic rings. The van der Waals surface area contributed by atoms with E-state index >= 15 is 0 Å². The lowest BCUT2D eigenvalue weighted by Gasteiger charge is -2.18. The predicted octanol–water partition coefficient (Wildman–Crippen LogP) is 1.66. The number of aliphatic hydroxyl groups is 1. The van der Waals surface area contributed by atoms with Crippen molar-refractivity contribution >= 4 is 13.8 Å². The zero-order chi connectivity index (χ0) is 14.9. The van der Waals surface area contributed by atoms with E-state index in [9.17, 15) is 14.5 Å². The molecule has 0 aliphatic heterocycles. The minimum Gasteiger partial charge on any atom is -0.460 e. The number of esters is 1. The number of aliphatic hydroxyl groups excluding tert-OH is 1. The third-order valence-electron chi connectivity index (χ3n) is 1.75. The summed E-state index contributed by atoms with van der Waals surface area (Å²) in [5.41, 5.74) is 0.224. The molecule has 1 atom stereocenters. The summed E-state index contributed by atoms with van der Waals surface area (Å²) in [6.07, 6.45) is -1.13. The van der Waals surface area contributed by atoms with Gasteiger partial charge in [-0.25, -0.2) is 9.36 Å². The zero-order valence-corrected chi connectivity index (χ0v) is 12.4. The van der Waals surface area contributed by atoms with Crippen LogP contribution in [-0.2, 0) is 27.7 Å². The van der Waals surface area contributed by atoms with E-state index < -0.39 is 19.9 Å². The maximum Gasteiger partial charge on any atom is 0.474 e. The molecule has 0 amide bonds. The van der Waals surface area contributed by atoms with Crippen molar-refractivity contribution in [3.63, 3.8) is 0 Å². The topological polar surface area (TPSA) is 91.3 Å². The average Bonchev–Trinajstić information content (AvgIpc) is 2.34. The highest BCUT2D eigenvalue weighted by Crippen LogP contribution is 2.49. The van der Waals surface area contributed by atoms with Crippen LogP contribution in [0.25, 0.3) is 0 Å². The van der Waals surface area contributed by atoms with Crippen LogP contribution in [0.5, 0.6) is 0 Å². The molecule has 0 aromatic carbocycles. The molecule has 0 aliphatic carbocycles. The van der Waals surface area contributed by atoms with Gasteiger partial charge in [-0.2, -0.15) is 0 Å². The Balaban J connectivity index is 4.11. The highest BCUT2D eigenvalue weighted by atomic mass is 31.2. The van der Waals surface area contributed by atoms with E-state index in [0.29, 0.717) is 0 Å².